The van der Waals surface area contributed by atoms with Gasteiger partial charge in [0.2, 0.25) is 0 Å². The van der Waals surface area contributed by atoms with E-state index in [0.29, 0.717) is 29.9 Å². The topological polar surface area (TPSA) is 39.4 Å². The fourth-order valence-corrected chi connectivity index (χ4v) is 2.24. The lowest BCUT2D eigenvalue weighted by molar-refractivity contribution is 0.322. The van der Waals surface area contributed by atoms with Crippen molar-refractivity contribution in [1.82, 2.24) is 0 Å². The third-order valence-electron chi connectivity index (χ3n) is 3.15. The third kappa shape index (κ3) is 1.63. The Labute approximate surface area is 105 Å². The fourth-order valence-electron chi connectivity index (χ4n) is 2.24. The van der Waals surface area contributed by atoms with Crippen LogP contribution in [0.15, 0.2) is 39.1 Å². The molecule has 3 heteroatoms. The molecule has 18 heavy (non-hydrogen) atoms. The average Bonchev–Trinajstić information content (AvgIpc) is 2.74. The first kappa shape index (κ1) is 11.1. The van der Waals surface area contributed by atoms with Crippen LogP contribution in [0.2, 0.25) is 0 Å². The van der Waals surface area contributed by atoms with E-state index < -0.39 is 0 Å². The molecule has 0 N–H and O–H groups in total. The quantitative estimate of drug-likeness (QED) is 0.599. The zero-order chi connectivity index (χ0) is 12.7. The summed E-state index contributed by atoms with van der Waals surface area (Å²) in [5.74, 6) is 0.703. The van der Waals surface area contributed by atoms with Crippen LogP contribution in [0, 0.1) is 0 Å². The van der Waals surface area contributed by atoms with E-state index in [1.54, 1.807) is 0 Å². The molecule has 0 saturated heterocycles. The summed E-state index contributed by atoms with van der Waals surface area (Å²) in [5, 5.41) is 0.953. The van der Waals surface area contributed by atoms with Crippen LogP contribution >= 0.6 is 0 Å². The molecular weight excluding hydrogens is 228 g/mol. The van der Waals surface area contributed by atoms with Gasteiger partial charge in [-0.3, -0.25) is 0 Å². The van der Waals surface area contributed by atoms with E-state index in [2.05, 4.69) is 0 Å². The first-order valence-corrected chi connectivity index (χ1v) is 6.00. The summed E-state index contributed by atoms with van der Waals surface area (Å²) in [4.78, 5) is 12.0. The molecule has 0 spiro atoms. The highest BCUT2D eigenvalue weighted by molar-refractivity contribution is 5.89. The van der Waals surface area contributed by atoms with Gasteiger partial charge >= 0.3 is 5.63 Å². The lowest BCUT2D eigenvalue weighted by atomic mass is 10.1. The first-order valence-electron chi connectivity index (χ1n) is 6.00. The number of benzene rings is 1. The molecule has 0 aliphatic carbocycles. The monoisotopic (exact) mass is 242 g/mol. The summed E-state index contributed by atoms with van der Waals surface area (Å²) < 4.78 is 11.0. The zero-order valence-corrected chi connectivity index (χ0v) is 10.4. The molecule has 1 aromatic carbocycles. The van der Waals surface area contributed by atoms with Gasteiger partial charge in [0, 0.05) is 12.0 Å². The smallest absolute Gasteiger partial charge is 0.343 e. The van der Waals surface area contributed by atoms with Crippen molar-refractivity contribution in [2.75, 3.05) is 0 Å². The highest BCUT2D eigenvalue weighted by atomic mass is 16.5. The molecule has 3 nitrogen and oxygen atoms in total. The van der Waals surface area contributed by atoms with Gasteiger partial charge in [0.25, 0.3) is 0 Å². The standard InChI is InChI=1S/C15H14O3/c1-9(2)6-7-11-14-13-10(8-17-14)4-3-5-12(13)18-15(11)16/h3-6H,7-8H2,1-2H3. The van der Waals surface area contributed by atoms with Crippen LogP contribution < -0.4 is 10.4 Å². The van der Waals surface area contributed by atoms with E-state index in [1.165, 1.54) is 5.57 Å². The molecule has 0 saturated carbocycles. The van der Waals surface area contributed by atoms with Crippen molar-refractivity contribution < 1.29 is 9.15 Å². The third-order valence-corrected chi connectivity index (χ3v) is 3.15. The Morgan fingerprint density at radius 1 is 1.39 bits per heavy atom. The van der Waals surface area contributed by atoms with Crippen LogP contribution in [0.4, 0.5) is 0 Å². The predicted octanol–water partition coefficient (Wildman–Crippen LogP) is 3.19. The molecule has 0 bridgehead atoms. The Bertz CT molecular complexity index is 703. The van der Waals surface area contributed by atoms with E-state index in [-0.39, 0.29) is 5.63 Å². The van der Waals surface area contributed by atoms with Crippen molar-refractivity contribution in [3.63, 3.8) is 0 Å². The minimum atomic E-state index is -0.297. The highest BCUT2D eigenvalue weighted by Crippen LogP contribution is 2.36. The molecule has 1 aromatic heterocycles. The van der Waals surface area contributed by atoms with Crippen LogP contribution in [0.5, 0.6) is 5.75 Å². The Kier molecular flexibility index (Phi) is 2.47. The maximum Gasteiger partial charge on any atom is 0.343 e. The Balaban J connectivity index is 2.26. The number of hydrogen-bond donors (Lipinski definition) is 0. The fraction of sp³-hybridized carbons (Fsp3) is 0.267. The van der Waals surface area contributed by atoms with Crippen LogP contribution in [-0.4, -0.2) is 0 Å². The van der Waals surface area contributed by atoms with Crippen molar-refractivity contribution in [1.29, 1.82) is 0 Å². The molecule has 1 aliphatic heterocycles. The molecule has 2 aromatic rings. The van der Waals surface area contributed by atoms with Crippen LogP contribution in [0.3, 0.4) is 0 Å². The van der Waals surface area contributed by atoms with Gasteiger partial charge in [-0.05, 0) is 19.9 Å². The van der Waals surface area contributed by atoms with Gasteiger partial charge < -0.3 is 9.15 Å². The van der Waals surface area contributed by atoms with Crippen LogP contribution in [0.25, 0.3) is 11.0 Å². The molecule has 1 aliphatic rings. The summed E-state index contributed by atoms with van der Waals surface area (Å²) in [6.07, 6.45) is 2.57. The number of allylic oxidation sites excluding steroid dienone is 2. The second-order valence-electron chi connectivity index (χ2n) is 4.76. The summed E-state index contributed by atoms with van der Waals surface area (Å²) >= 11 is 0. The lowest BCUT2D eigenvalue weighted by Crippen LogP contribution is -2.08. The van der Waals surface area contributed by atoms with Crippen molar-refractivity contribution in [2.45, 2.75) is 26.9 Å². The maximum absolute atomic E-state index is 12.0. The SMILES string of the molecule is CC(C)=CCc1c2c3c(cccc3oc1=O)CO2. The highest BCUT2D eigenvalue weighted by Gasteiger charge is 2.22. The average molecular weight is 242 g/mol. The lowest BCUT2D eigenvalue weighted by Gasteiger charge is -2.04. The summed E-state index contributed by atoms with van der Waals surface area (Å²) in [5.41, 5.74) is 3.20. The van der Waals surface area contributed by atoms with E-state index in [1.807, 2.05) is 38.1 Å². The molecule has 0 fully saturated rings. The van der Waals surface area contributed by atoms with Crippen molar-refractivity contribution >= 4 is 11.0 Å². The number of ether oxygens (including phenoxy) is 1. The van der Waals surface area contributed by atoms with E-state index in [0.717, 1.165) is 10.9 Å². The van der Waals surface area contributed by atoms with Gasteiger partial charge in [-0.25, -0.2) is 4.79 Å². The molecule has 3 rings (SSSR count). The van der Waals surface area contributed by atoms with Gasteiger partial charge in [0.15, 0.2) is 0 Å². The summed E-state index contributed by atoms with van der Waals surface area (Å²) in [6.45, 7) is 4.54. The molecule has 2 heterocycles. The molecule has 0 amide bonds. The Hall–Kier alpha value is -2.03. The number of rotatable bonds is 2. The van der Waals surface area contributed by atoms with Crippen molar-refractivity contribution in [3.05, 3.63) is 51.4 Å². The second kappa shape index (κ2) is 4.02. The predicted molar refractivity (Wildman–Crippen MR) is 70.0 cm³/mol. The Morgan fingerprint density at radius 2 is 2.22 bits per heavy atom. The normalized spacial score (nSPS) is 12.6. The summed E-state index contributed by atoms with van der Waals surface area (Å²) in [7, 11) is 0. The molecule has 92 valence electrons. The van der Waals surface area contributed by atoms with Crippen LogP contribution in [-0.2, 0) is 13.0 Å². The zero-order valence-electron chi connectivity index (χ0n) is 10.4. The molecule has 0 unspecified atom stereocenters. The molecular formula is C15H14O3. The van der Waals surface area contributed by atoms with Gasteiger partial charge in [0.05, 0.1) is 10.9 Å². The van der Waals surface area contributed by atoms with E-state index in [9.17, 15) is 4.79 Å². The maximum atomic E-state index is 12.0. The van der Waals surface area contributed by atoms with Gasteiger partial charge in [-0.2, -0.15) is 0 Å². The number of hydrogen-bond acceptors (Lipinski definition) is 3. The van der Waals surface area contributed by atoms with Gasteiger partial charge in [-0.15, -0.1) is 0 Å². The van der Waals surface area contributed by atoms with Gasteiger partial charge in [-0.1, -0.05) is 23.8 Å². The first-order chi connectivity index (χ1) is 8.66. The Morgan fingerprint density at radius 3 is 3.00 bits per heavy atom. The minimum Gasteiger partial charge on any atom is -0.488 e. The van der Waals surface area contributed by atoms with Crippen molar-refractivity contribution in [3.8, 4) is 5.75 Å². The molecule has 0 atom stereocenters. The van der Waals surface area contributed by atoms with E-state index in [4.69, 9.17) is 9.15 Å². The van der Waals surface area contributed by atoms with Crippen LogP contribution in [0.1, 0.15) is 25.0 Å². The van der Waals surface area contributed by atoms with Crippen molar-refractivity contribution in [2.24, 2.45) is 0 Å². The summed E-state index contributed by atoms with van der Waals surface area (Å²) in [6, 6.07) is 5.70. The van der Waals surface area contributed by atoms with Gasteiger partial charge in [0.1, 0.15) is 17.9 Å². The van der Waals surface area contributed by atoms with E-state index >= 15 is 0 Å². The second-order valence-corrected chi connectivity index (χ2v) is 4.76. The molecule has 0 radical (unpaired) electrons. The largest absolute Gasteiger partial charge is 0.488 e. The minimum absolute atomic E-state index is 0.297.